The highest BCUT2D eigenvalue weighted by molar-refractivity contribution is 5.94. The van der Waals surface area contributed by atoms with E-state index in [2.05, 4.69) is 89.5 Å². The monoisotopic (exact) mass is 587 g/mol. The maximum absolute atomic E-state index is 14.0. The SMILES string of the molecule is Cc1cc2cc(c1)C1CC(c3ccncc3)CN1C(=O)NCCc1c-2[nH]c2ccc(C(C)(C)C(=O)N3C4CCC3CC4)cc12. The quantitative estimate of drug-likeness (QED) is 0.278. The van der Waals surface area contributed by atoms with Gasteiger partial charge < -0.3 is 20.1 Å². The molecule has 8 rings (SSSR count). The van der Waals surface area contributed by atoms with Gasteiger partial charge in [0.25, 0.3) is 0 Å². The normalized spacial score (nSPS) is 24.7. The molecule has 2 N–H and O–H groups in total. The molecule has 0 spiro atoms. The van der Waals surface area contributed by atoms with Crippen LogP contribution in [0.15, 0.2) is 60.9 Å². The number of hydrogen-bond acceptors (Lipinski definition) is 3. The molecular formula is C37H41N5O2. The summed E-state index contributed by atoms with van der Waals surface area (Å²) >= 11 is 0. The number of nitrogens with one attached hydrogen (secondary N) is 2. The zero-order valence-corrected chi connectivity index (χ0v) is 25.9. The Labute approximate surface area is 259 Å². The van der Waals surface area contributed by atoms with Crippen LogP contribution in [0.2, 0.25) is 0 Å². The van der Waals surface area contributed by atoms with Gasteiger partial charge in [0, 0.05) is 60.1 Å². The minimum atomic E-state index is -0.613. The molecule has 44 heavy (non-hydrogen) atoms. The fourth-order valence-electron chi connectivity index (χ4n) is 8.63. The number of carbonyl (C=O) groups is 2. The molecule has 4 bridgehead atoms. The van der Waals surface area contributed by atoms with Crippen molar-refractivity contribution in [3.63, 3.8) is 0 Å². The first-order chi connectivity index (χ1) is 21.3. The Balaban J connectivity index is 1.19. The topological polar surface area (TPSA) is 81.3 Å². The second kappa shape index (κ2) is 10.2. The minimum absolute atomic E-state index is 0.00274. The van der Waals surface area contributed by atoms with E-state index < -0.39 is 5.41 Å². The zero-order chi connectivity index (χ0) is 30.2. The highest BCUT2D eigenvalue weighted by Crippen LogP contribution is 2.44. The van der Waals surface area contributed by atoms with Gasteiger partial charge in [0.15, 0.2) is 0 Å². The second-order valence-corrected chi connectivity index (χ2v) is 14.0. The summed E-state index contributed by atoms with van der Waals surface area (Å²) in [5.74, 6) is 0.524. The Morgan fingerprint density at radius 3 is 2.45 bits per heavy atom. The third-order valence-electron chi connectivity index (χ3n) is 11.0. The van der Waals surface area contributed by atoms with E-state index in [1.807, 2.05) is 17.3 Å². The Bertz CT molecular complexity index is 1760. The molecule has 226 valence electrons. The summed E-state index contributed by atoms with van der Waals surface area (Å²) in [6, 6.07) is 18.2. The van der Waals surface area contributed by atoms with E-state index in [0.717, 1.165) is 59.8 Å². The highest BCUT2D eigenvalue weighted by atomic mass is 16.2. The van der Waals surface area contributed by atoms with Crippen molar-refractivity contribution in [3.05, 3.63) is 88.7 Å². The van der Waals surface area contributed by atoms with E-state index in [-0.39, 0.29) is 23.9 Å². The molecule has 2 aromatic heterocycles. The Hall–Kier alpha value is -4.13. The standard InChI is InChI=1S/C37H41N5O2/c1-22-16-24-18-25(17-22)34-30(12-15-39-36(44)41-21-26(19-33(24)41)23-10-13-38-14-11-23)31-20-27(4-9-32(31)40-34)37(2,3)35(43)42-28-5-6-29(42)8-7-28/h4,9-11,13-14,16-18,20,26,28-29,33,40H,5-8,12,15,19,21H2,1-3H3,(H,39,44). The summed E-state index contributed by atoms with van der Waals surface area (Å²) < 4.78 is 0. The van der Waals surface area contributed by atoms with Gasteiger partial charge in [-0.1, -0.05) is 17.7 Å². The number of carbonyl (C=O) groups excluding carboxylic acids is 2. The number of pyridine rings is 1. The molecule has 3 fully saturated rings. The van der Waals surface area contributed by atoms with Crippen LogP contribution in [0.25, 0.3) is 22.2 Å². The number of aromatic amines is 1. The van der Waals surface area contributed by atoms with Crippen LogP contribution in [0.5, 0.6) is 0 Å². The number of urea groups is 1. The Morgan fingerprint density at radius 1 is 0.955 bits per heavy atom. The largest absolute Gasteiger partial charge is 0.354 e. The van der Waals surface area contributed by atoms with Crippen molar-refractivity contribution in [2.75, 3.05) is 13.1 Å². The third kappa shape index (κ3) is 4.34. The molecule has 4 aliphatic rings. The lowest BCUT2D eigenvalue weighted by molar-refractivity contribution is -0.137. The van der Waals surface area contributed by atoms with E-state index in [1.54, 1.807) is 0 Å². The predicted octanol–water partition coefficient (Wildman–Crippen LogP) is 6.77. The van der Waals surface area contributed by atoms with Gasteiger partial charge in [-0.25, -0.2) is 4.79 Å². The van der Waals surface area contributed by atoms with Crippen LogP contribution in [0.4, 0.5) is 4.79 Å². The van der Waals surface area contributed by atoms with E-state index in [1.165, 1.54) is 22.3 Å². The summed E-state index contributed by atoms with van der Waals surface area (Å²) in [6.07, 6.45) is 9.83. The fourth-order valence-corrected chi connectivity index (χ4v) is 8.63. The number of H-pyrrole nitrogens is 1. The molecule has 3 amide bonds. The van der Waals surface area contributed by atoms with Gasteiger partial charge in [-0.3, -0.25) is 9.78 Å². The van der Waals surface area contributed by atoms with Crippen molar-refractivity contribution in [2.45, 2.75) is 88.8 Å². The lowest BCUT2D eigenvalue weighted by atomic mass is 9.82. The van der Waals surface area contributed by atoms with Crippen molar-refractivity contribution < 1.29 is 9.59 Å². The van der Waals surface area contributed by atoms with Crippen LogP contribution in [-0.2, 0) is 16.6 Å². The average Bonchev–Trinajstić information content (AvgIpc) is 3.82. The first-order valence-corrected chi connectivity index (χ1v) is 16.3. The van der Waals surface area contributed by atoms with Gasteiger partial charge in [-0.15, -0.1) is 0 Å². The third-order valence-corrected chi connectivity index (χ3v) is 11.0. The predicted molar refractivity (Wildman–Crippen MR) is 173 cm³/mol. The molecule has 0 aliphatic carbocycles. The molecule has 4 aromatic rings. The number of aromatic nitrogens is 2. The molecule has 0 saturated carbocycles. The van der Waals surface area contributed by atoms with Gasteiger partial charge in [-0.05, 0) is 124 Å². The van der Waals surface area contributed by atoms with Crippen molar-refractivity contribution in [3.8, 4) is 11.3 Å². The molecule has 4 aliphatic heterocycles. The smallest absolute Gasteiger partial charge is 0.317 e. The first kappa shape index (κ1) is 27.4. The molecule has 7 heteroatoms. The Kier molecular flexibility index (Phi) is 6.37. The molecule has 2 aromatic carbocycles. The zero-order valence-electron chi connectivity index (χ0n) is 25.9. The summed E-state index contributed by atoms with van der Waals surface area (Å²) in [5, 5.41) is 4.40. The maximum Gasteiger partial charge on any atom is 0.317 e. The van der Waals surface area contributed by atoms with Crippen molar-refractivity contribution in [1.29, 1.82) is 0 Å². The van der Waals surface area contributed by atoms with Crippen molar-refractivity contribution >= 4 is 22.8 Å². The average molecular weight is 588 g/mol. The number of benzene rings is 2. The van der Waals surface area contributed by atoms with Crippen LogP contribution in [0.3, 0.4) is 0 Å². The summed E-state index contributed by atoms with van der Waals surface area (Å²) in [6.45, 7) is 7.54. The van der Waals surface area contributed by atoms with Crippen molar-refractivity contribution in [1.82, 2.24) is 25.1 Å². The van der Waals surface area contributed by atoms with Crippen molar-refractivity contribution in [2.24, 2.45) is 0 Å². The summed E-state index contributed by atoms with van der Waals surface area (Å²) in [5.41, 5.74) is 8.54. The van der Waals surface area contributed by atoms with E-state index >= 15 is 0 Å². The second-order valence-electron chi connectivity index (χ2n) is 14.0. The first-order valence-electron chi connectivity index (χ1n) is 16.3. The van der Waals surface area contributed by atoms with Crippen LogP contribution < -0.4 is 5.32 Å². The van der Waals surface area contributed by atoms with Crippen LogP contribution in [0.1, 0.15) is 85.7 Å². The van der Waals surface area contributed by atoms with E-state index in [4.69, 9.17) is 0 Å². The van der Waals surface area contributed by atoms with Crippen LogP contribution in [0, 0.1) is 6.92 Å². The summed E-state index contributed by atoms with van der Waals surface area (Å²) in [4.78, 5) is 39.9. The van der Waals surface area contributed by atoms with Gasteiger partial charge in [0.1, 0.15) is 0 Å². The number of hydrogen-bond donors (Lipinski definition) is 2. The van der Waals surface area contributed by atoms with Gasteiger partial charge in [0.2, 0.25) is 5.91 Å². The number of fused-ring (bicyclic) bond motifs is 10. The number of aryl methyl sites for hydroxylation is 1. The summed E-state index contributed by atoms with van der Waals surface area (Å²) in [7, 11) is 0. The van der Waals surface area contributed by atoms with Crippen LogP contribution >= 0.6 is 0 Å². The lowest BCUT2D eigenvalue weighted by Crippen LogP contribution is -2.45. The van der Waals surface area contributed by atoms with Crippen LogP contribution in [-0.4, -0.2) is 56.9 Å². The molecular weight excluding hydrogens is 546 g/mol. The van der Waals surface area contributed by atoms with Gasteiger partial charge in [0.05, 0.1) is 11.5 Å². The maximum atomic E-state index is 14.0. The molecule has 2 atom stereocenters. The van der Waals surface area contributed by atoms with E-state index in [0.29, 0.717) is 31.6 Å². The number of nitrogens with zero attached hydrogens (tertiary/aromatic N) is 3. The molecule has 7 nitrogen and oxygen atoms in total. The van der Waals surface area contributed by atoms with Gasteiger partial charge in [-0.2, -0.15) is 0 Å². The molecule has 0 radical (unpaired) electrons. The number of rotatable bonds is 3. The Morgan fingerprint density at radius 2 is 1.70 bits per heavy atom. The number of amides is 3. The van der Waals surface area contributed by atoms with Gasteiger partial charge >= 0.3 is 6.03 Å². The minimum Gasteiger partial charge on any atom is -0.354 e. The highest BCUT2D eigenvalue weighted by Gasteiger charge is 2.47. The fraction of sp³-hybridized carbons (Fsp3) is 0.432. The molecule has 6 heterocycles. The molecule has 3 saturated heterocycles. The molecule has 2 unspecified atom stereocenters. The lowest BCUT2D eigenvalue weighted by Gasteiger charge is -2.33. The van der Waals surface area contributed by atoms with E-state index in [9.17, 15) is 9.59 Å².